The van der Waals surface area contributed by atoms with Crippen LogP contribution in [-0.2, 0) is 0 Å². The van der Waals surface area contributed by atoms with E-state index in [9.17, 15) is 9.59 Å². The van der Waals surface area contributed by atoms with Crippen LogP contribution < -0.4 is 10.9 Å². The van der Waals surface area contributed by atoms with Gasteiger partial charge >= 0.3 is 0 Å². The smallest absolute Gasteiger partial charge is 0.198 e. The van der Waals surface area contributed by atoms with Crippen LogP contribution in [0, 0.1) is 0 Å². The molecule has 0 unspecified atom stereocenters. The second-order valence-corrected chi connectivity index (χ2v) is 6.99. The molecule has 5 rings (SSSR count). The largest absolute Gasteiger partial charge is 0.354 e. The number of rotatable bonds is 0. The van der Waals surface area contributed by atoms with E-state index in [1.807, 2.05) is 12.1 Å². The Morgan fingerprint density at radius 1 is 0.692 bits per heavy atom. The highest BCUT2D eigenvalue weighted by Crippen LogP contribution is 2.30. The van der Waals surface area contributed by atoms with Crippen LogP contribution in [0.3, 0.4) is 0 Å². The minimum atomic E-state index is -0.186. The Morgan fingerprint density at radius 2 is 1.46 bits per heavy atom. The van der Waals surface area contributed by atoms with Crippen LogP contribution >= 0.6 is 23.2 Å². The maximum atomic E-state index is 13.0. The number of nitrogens with one attached hydrogen (secondary N) is 2. The van der Waals surface area contributed by atoms with Crippen LogP contribution in [0.1, 0.15) is 0 Å². The van der Waals surface area contributed by atoms with E-state index < -0.39 is 0 Å². The van der Waals surface area contributed by atoms with E-state index in [-0.39, 0.29) is 15.9 Å². The van der Waals surface area contributed by atoms with Gasteiger partial charge in [-0.2, -0.15) is 0 Å². The fraction of sp³-hybridized carbons (Fsp3) is 0. The van der Waals surface area contributed by atoms with Crippen molar-refractivity contribution in [3.63, 3.8) is 0 Å². The Bertz CT molecular complexity index is 1500. The third kappa shape index (κ3) is 2.03. The van der Waals surface area contributed by atoms with Crippen molar-refractivity contribution in [1.29, 1.82) is 0 Å². The van der Waals surface area contributed by atoms with E-state index in [0.29, 0.717) is 48.6 Å². The summed E-state index contributed by atoms with van der Waals surface area (Å²) in [7, 11) is 0. The molecule has 0 aliphatic rings. The molecular weight excluding hydrogens is 371 g/mol. The SMILES string of the molecule is O=c1c2cc(Cl)ccc2[nH]c2c(Cl)c3c(=O)c4ccccc4[nH]c3cc12. The minimum absolute atomic E-state index is 0.168. The molecule has 0 spiro atoms. The second-order valence-electron chi connectivity index (χ2n) is 6.18. The number of benzene rings is 3. The minimum Gasteiger partial charge on any atom is -0.354 e. The standard InChI is InChI=1S/C20H10Cl2N2O2/c21-9-5-6-14-11(7-9)19(25)12-8-15-16(17(22)18(12)24-14)20(26)10-3-1-2-4-13(10)23-15/h1-8H,(H,23,26)(H,24,25). The predicted octanol–water partition coefficient (Wildman–Crippen LogP) is 4.98. The first kappa shape index (κ1) is 15.4. The second kappa shape index (κ2) is 5.34. The summed E-state index contributed by atoms with van der Waals surface area (Å²) in [5.74, 6) is 0. The highest BCUT2D eigenvalue weighted by atomic mass is 35.5. The third-order valence-corrected chi connectivity index (χ3v) is 5.28. The maximum absolute atomic E-state index is 13.0. The molecule has 2 N–H and O–H groups in total. The molecular formula is C20H10Cl2N2O2. The molecule has 0 saturated carbocycles. The van der Waals surface area contributed by atoms with E-state index in [1.165, 1.54) is 0 Å². The van der Waals surface area contributed by atoms with Gasteiger partial charge in [-0.1, -0.05) is 35.3 Å². The molecule has 5 aromatic rings. The molecule has 26 heavy (non-hydrogen) atoms. The molecule has 0 atom stereocenters. The summed E-state index contributed by atoms with van der Waals surface area (Å²) in [6, 6.07) is 13.9. The number of aromatic amines is 2. The zero-order chi connectivity index (χ0) is 18.0. The normalized spacial score (nSPS) is 11.8. The van der Waals surface area contributed by atoms with E-state index in [1.54, 1.807) is 36.4 Å². The number of halogens is 2. The molecule has 126 valence electrons. The highest BCUT2D eigenvalue weighted by Gasteiger charge is 2.15. The van der Waals surface area contributed by atoms with Crippen molar-refractivity contribution in [3.8, 4) is 0 Å². The van der Waals surface area contributed by atoms with Crippen LogP contribution in [0.2, 0.25) is 10.0 Å². The average Bonchev–Trinajstić information content (AvgIpc) is 2.64. The van der Waals surface area contributed by atoms with E-state index in [2.05, 4.69) is 9.97 Å². The molecule has 0 radical (unpaired) electrons. The Morgan fingerprint density at radius 3 is 2.31 bits per heavy atom. The first-order chi connectivity index (χ1) is 12.5. The van der Waals surface area contributed by atoms with Gasteiger partial charge < -0.3 is 9.97 Å². The van der Waals surface area contributed by atoms with Crippen molar-refractivity contribution in [3.05, 3.63) is 79.0 Å². The molecule has 0 aliphatic carbocycles. The number of pyridine rings is 2. The first-order valence-electron chi connectivity index (χ1n) is 7.93. The summed E-state index contributed by atoms with van der Waals surface area (Å²) in [4.78, 5) is 32.3. The van der Waals surface area contributed by atoms with E-state index >= 15 is 0 Å². The van der Waals surface area contributed by atoms with Gasteiger partial charge in [-0.3, -0.25) is 9.59 Å². The van der Waals surface area contributed by atoms with Crippen molar-refractivity contribution < 1.29 is 0 Å². The van der Waals surface area contributed by atoms with Gasteiger partial charge in [0, 0.05) is 32.2 Å². The summed E-state index contributed by atoms with van der Waals surface area (Å²) in [6.45, 7) is 0. The van der Waals surface area contributed by atoms with Crippen molar-refractivity contribution in [2.45, 2.75) is 0 Å². The van der Waals surface area contributed by atoms with Crippen molar-refractivity contribution in [1.82, 2.24) is 9.97 Å². The zero-order valence-electron chi connectivity index (χ0n) is 13.2. The number of fused-ring (bicyclic) bond motifs is 4. The molecule has 2 heterocycles. The molecule has 3 aromatic carbocycles. The lowest BCUT2D eigenvalue weighted by molar-refractivity contribution is 1.46. The van der Waals surface area contributed by atoms with Gasteiger partial charge in [0.1, 0.15) is 0 Å². The van der Waals surface area contributed by atoms with Gasteiger partial charge in [-0.25, -0.2) is 0 Å². The molecule has 0 amide bonds. The quantitative estimate of drug-likeness (QED) is 0.372. The van der Waals surface area contributed by atoms with Crippen molar-refractivity contribution in [2.24, 2.45) is 0 Å². The Labute approximate surface area is 156 Å². The maximum Gasteiger partial charge on any atom is 0.198 e. The van der Waals surface area contributed by atoms with Gasteiger partial charge in [0.05, 0.1) is 21.4 Å². The van der Waals surface area contributed by atoms with Gasteiger partial charge in [0.25, 0.3) is 0 Å². The number of aromatic nitrogens is 2. The van der Waals surface area contributed by atoms with Crippen LogP contribution in [-0.4, -0.2) is 9.97 Å². The van der Waals surface area contributed by atoms with Gasteiger partial charge in [-0.05, 0) is 36.4 Å². The molecule has 0 aliphatic heterocycles. The van der Waals surface area contributed by atoms with E-state index in [0.717, 1.165) is 0 Å². The fourth-order valence-corrected chi connectivity index (χ4v) is 3.94. The molecule has 0 fully saturated rings. The number of H-pyrrole nitrogens is 2. The summed E-state index contributed by atoms with van der Waals surface area (Å²) in [5.41, 5.74) is 1.93. The average molecular weight is 381 g/mol. The van der Waals surface area contributed by atoms with Crippen LogP contribution in [0.4, 0.5) is 0 Å². The highest BCUT2D eigenvalue weighted by molar-refractivity contribution is 6.40. The summed E-state index contributed by atoms with van der Waals surface area (Å²) >= 11 is 12.6. The number of hydrogen-bond acceptors (Lipinski definition) is 2. The summed E-state index contributed by atoms with van der Waals surface area (Å²) < 4.78 is 0. The number of para-hydroxylation sites is 1. The molecule has 2 aromatic heterocycles. The predicted molar refractivity (Wildman–Crippen MR) is 108 cm³/mol. The van der Waals surface area contributed by atoms with Crippen LogP contribution in [0.15, 0.2) is 58.1 Å². The monoisotopic (exact) mass is 380 g/mol. The Kier molecular flexibility index (Phi) is 3.17. The Hall–Kier alpha value is -2.82. The summed E-state index contributed by atoms with van der Waals surface area (Å²) in [5, 5.41) is 2.51. The topological polar surface area (TPSA) is 65.7 Å². The van der Waals surface area contributed by atoms with Crippen molar-refractivity contribution in [2.75, 3.05) is 0 Å². The lowest BCUT2D eigenvalue weighted by Gasteiger charge is -2.09. The molecule has 0 bridgehead atoms. The summed E-state index contributed by atoms with van der Waals surface area (Å²) in [6.07, 6.45) is 0. The van der Waals surface area contributed by atoms with Crippen LogP contribution in [0.25, 0.3) is 43.6 Å². The van der Waals surface area contributed by atoms with Crippen molar-refractivity contribution >= 4 is 66.8 Å². The van der Waals surface area contributed by atoms with Crippen LogP contribution in [0.5, 0.6) is 0 Å². The Balaban J connectivity index is 2.08. The lowest BCUT2D eigenvalue weighted by Crippen LogP contribution is -2.09. The zero-order valence-corrected chi connectivity index (χ0v) is 14.7. The van der Waals surface area contributed by atoms with Gasteiger partial charge in [-0.15, -0.1) is 0 Å². The third-order valence-electron chi connectivity index (χ3n) is 4.66. The van der Waals surface area contributed by atoms with Gasteiger partial charge in [0.15, 0.2) is 10.9 Å². The molecule has 0 saturated heterocycles. The van der Waals surface area contributed by atoms with E-state index in [4.69, 9.17) is 23.2 Å². The fourth-order valence-electron chi connectivity index (χ4n) is 3.43. The molecule has 6 heteroatoms. The molecule has 4 nitrogen and oxygen atoms in total. The lowest BCUT2D eigenvalue weighted by atomic mass is 10.1. The number of hydrogen-bond donors (Lipinski definition) is 2. The van der Waals surface area contributed by atoms with Gasteiger partial charge in [0.2, 0.25) is 0 Å². The first-order valence-corrected chi connectivity index (χ1v) is 8.68.